The minimum Gasteiger partial charge on any atom is -0.465 e. The quantitative estimate of drug-likeness (QED) is 0.0457. The lowest BCUT2D eigenvalue weighted by Crippen LogP contribution is -2.41. The Kier molecular flexibility index (Phi) is 46.0. The molecule has 62 heavy (non-hydrogen) atoms. The Morgan fingerprint density at radius 1 is 0.581 bits per heavy atom. The van der Waals surface area contributed by atoms with Crippen molar-refractivity contribution in [3.8, 4) is 0 Å². The molecule has 0 bridgehead atoms. The zero-order valence-corrected chi connectivity index (χ0v) is 42.9. The van der Waals surface area contributed by atoms with E-state index >= 15 is 0 Å². The number of thioether (sulfide) groups is 1. The Hall–Kier alpha value is -0.870. The molecule has 0 aromatic rings. The molecule has 0 amide bonds. The fourth-order valence-electron chi connectivity index (χ4n) is 8.65. The summed E-state index contributed by atoms with van der Waals surface area (Å²) < 4.78 is 11.7. The molecule has 0 aliphatic rings. The van der Waals surface area contributed by atoms with Crippen LogP contribution >= 0.6 is 11.8 Å². The van der Waals surface area contributed by atoms with Crippen molar-refractivity contribution >= 4 is 23.7 Å². The van der Waals surface area contributed by atoms with Gasteiger partial charge in [0.05, 0.1) is 31.8 Å². The number of nitrogens with zero attached hydrogens (tertiary/aromatic N) is 2. The van der Waals surface area contributed by atoms with Crippen LogP contribution in [0.2, 0.25) is 0 Å². The first-order valence-electron chi connectivity index (χ1n) is 26.9. The predicted octanol–water partition coefficient (Wildman–Crippen LogP) is 13.6. The number of aliphatic hydroxyl groups excluding tert-OH is 2. The molecule has 0 aliphatic carbocycles. The number of hydrogen-bond donors (Lipinski definition) is 2. The SMILES string of the molecule is CCCCCCCCC(CCCCCC)COC(=O)CCCCCN(CC(O)CSCCCOC(=O)C(CCCCCC)CCCCCCCC)C(C)CCCN(CC)CCO. The van der Waals surface area contributed by atoms with Crippen LogP contribution in [-0.4, -0.2) is 108 Å². The van der Waals surface area contributed by atoms with Gasteiger partial charge in [-0.25, -0.2) is 0 Å². The average Bonchev–Trinajstić information content (AvgIpc) is 3.27. The molecule has 0 fully saturated rings. The second-order valence-electron chi connectivity index (χ2n) is 18.8. The molecule has 8 nitrogen and oxygen atoms in total. The van der Waals surface area contributed by atoms with Gasteiger partial charge in [0, 0.05) is 31.3 Å². The number of carbonyl (C=O) groups is 2. The summed E-state index contributed by atoms with van der Waals surface area (Å²) in [5.74, 6) is 2.02. The second-order valence-corrected chi connectivity index (χ2v) is 19.9. The van der Waals surface area contributed by atoms with Crippen LogP contribution < -0.4 is 0 Å². The summed E-state index contributed by atoms with van der Waals surface area (Å²) in [5, 5.41) is 20.6. The van der Waals surface area contributed by atoms with E-state index in [1.54, 1.807) is 11.8 Å². The molecule has 0 aromatic heterocycles. The lowest BCUT2D eigenvalue weighted by Gasteiger charge is -2.31. The molecule has 0 heterocycles. The lowest BCUT2D eigenvalue weighted by molar-refractivity contribution is -0.149. The van der Waals surface area contributed by atoms with Crippen LogP contribution in [0.15, 0.2) is 0 Å². The number of unbranched alkanes of at least 4 members (excludes halogenated alkanes) is 18. The van der Waals surface area contributed by atoms with Gasteiger partial charge in [-0.1, -0.05) is 169 Å². The number of carbonyl (C=O) groups excluding carboxylic acids is 2. The van der Waals surface area contributed by atoms with Gasteiger partial charge in [-0.2, -0.15) is 11.8 Å². The number of rotatable bonds is 49. The molecule has 0 saturated heterocycles. The number of esters is 2. The summed E-state index contributed by atoms with van der Waals surface area (Å²) in [4.78, 5) is 30.6. The first kappa shape index (κ1) is 61.1. The van der Waals surface area contributed by atoms with Crippen LogP contribution in [-0.2, 0) is 19.1 Å². The van der Waals surface area contributed by atoms with Crippen LogP contribution in [0.5, 0.6) is 0 Å². The molecule has 2 N–H and O–H groups in total. The lowest BCUT2D eigenvalue weighted by atomic mass is 9.94. The Labute approximate surface area is 389 Å². The van der Waals surface area contributed by atoms with Crippen LogP contribution in [0.1, 0.15) is 241 Å². The minimum absolute atomic E-state index is 0.000592. The van der Waals surface area contributed by atoms with Gasteiger partial charge in [-0.15, -0.1) is 0 Å². The average molecular weight is 900 g/mol. The highest BCUT2D eigenvalue weighted by Gasteiger charge is 2.21. The van der Waals surface area contributed by atoms with Crippen LogP contribution in [0, 0.1) is 11.8 Å². The van der Waals surface area contributed by atoms with Crippen molar-refractivity contribution in [1.82, 2.24) is 9.80 Å². The van der Waals surface area contributed by atoms with Gasteiger partial charge in [0.1, 0.15) is 0 Å². The highest BCUT2D eigenvalue weighted by molar-refractivity contribution is 7.99. The van der Waals surface area contributed by atoms with Crippen molar-refractivity contribution in [3.05, 3.63) is 0 Å². The first-order valence-corrected chi connectivity index (χ1v) is 28.1. The standard InChI is InChI=1S/C53H106N2O6S/c1-7-12-16-20-22-26-35-49(34-25-18-14-9-3)46-61-52(58)38-29-24-30-40-55(48(6)33-31-39-54(11-5)41-42-56)45-51(57)47-62-44-32-43-60-53(59)50(36-27-19-15-10-4)37-28-23-21-17-13-8-2/h48-51,56-57H,7-47H2,1-6H3. The minimum atomic E-state index is -0.433. The van der Waals surface area contributed by atoms with Crippen molar-refractivity contribution in [2.75, 3.05) is 64.1 Å². The van der Waals surface area contributed by atoms with Crippen LogP contribution in [0.4, 0.5) is 0 Å². The van der Waals surface area contributed by atoms with E-state index in [-0.39, 0.29) is 24.5 Å². The molecule has 370 valence electrons. The van der Waals surface area contributed by atoms with Crippen molar-refractivity contribution < 1.29 is 29.3 Å². The Morgan fingerprint density at radius 2 is 1.11 bits per heavy atom. The van der Waals surface area contributed by atoms with E-state index in [4.69, 9.17) is 9.47 Å². The van der Waals surface area contributed by atoms with Gasteiger partial charge in [-0.05, 0) is 96.0 Å². The molecule has 0 spiro atoms. The maximum absolute atomic E-state index is 13.1. The van der Waals surface area contributed by atoms with Crippen LogP contribution in [0.25, 0.3) is 0 Å². The van der Waals surface area contributed by atoms with Gasteiger partial charge in [0.2, 0.25) is 0 Å². The maximum Gasteiger partial charge on any atom is 0.308 e. The van der Waals surface area contributed by atoms with Crippen molar-refractivity contribution in [2.45, 2.75) is 253 Å². The summed E-state index contributed by atoms with van der Waals surface area (Å²) >= 11 is 1.75. The summed E-state index contributed by atoms with van der Waals surface area (Å²) in [6, 6.07) is 0.332. The highest BCUT2D eigenvalue weighted by Crippen LogP contribution is 2.22. The van der Waals surface area contributed by atoms with Crippen molar-refractivity contribution in [1.29, 1.82) is 0 Å². The van der Waals surface area contributed by atoms with E-state index in [0.29, 0.717) is 50.4 Å². The zero-order chi connectivity index (χ0) is 45.7. The van der Waals surface area contributed by atoms with Gasteiger partial charge < -0.3 is 24.6 Å². The third-order valence-electron chi connectivity index (χ3n) is 12.9. The number of aliphatic hydroxyl groups is 2. The van der Waals surface area contributed by atoms with Gasteiger partial charge in [-0.3, -0.25) is 14.5 Å². The molecular weight excluding hydrogens is 793 g/mol. The molecule has 0 rings (SSSR count). The van der Waals surface area contributed by atoms with Crippen molar-refractivity contribution in [3.63, 3.8) is 0 Å². The fourth-order valence-corrected chi connectivity index (χ4v) is 9.51. The summed E-state index contributed by atoms with van der Waals surface area (Å²) in [5.41, 5.74) is 0. The Bertz CT molecular complexity index is 959. The fraction of sp³-hybridized carbons (Fsp3) is 0.962. The van der Waals surface area contributed by atoms with Gasteiger partial charge >= 0.3 is 11.9 Å². The van der Waals surface area contributed by atoms with Gasteiger partial charge in [0.25, 0.3) is 0 Å². The van der Waals surface area contributed by atoms with E-state index in [1.807, 2.05) is 0 Å². The Morgan fingerprint density at radius 3 is 1.68 bits per heavy atom. The topological polar surface area (TPSA) is 99.5 Å². The van der Waals surface area contributed by atoms with E-state index in [1.165, 1.54) is 128 Å². The molecule has 4 atom stereocenters. The summed E-state index contributed by atoms with van der Waals surface area (Å²) in [6.07, 6.45) is 35.1. The smallest absolute Gasteiger partial charge is 0.308 e. The van der Waals surface area contributed by atoms with E-state index in [9.17, 15) is 19.8 Å². The molecule has 9 heteroatoms. The number of ether oxygens (including phenoxy) is 2. The predicted molar refractivity (Wildman–Crippen MR) is 268 cm³/mol. The monoisotopic (exact) mass is 899 g/mol. The zero-order valence-electron chi connectivity index (χ0n) is 42.1. The molecule has 0 saturated carbocycles. The second kappa shape index (κ2) is 46.7. The molecule has 0 radical (unpaired) electrons. The number of hydrogen-bond acceptors (Lipinski definition) is 9. The maximum atomic E-state index is 13.1. The molecular formula is C53H106N2O6S. The van der Waals surface area contributed by atoms with E-state index in [2.05, 4.69) is 51.3 Å². The summed E-state index contributed by atoms with van der Waals surface area (Å²) in [6.45, 7) is 18.8. The van der Waals surface area contributed by atoms with Crippen molar-refractivity contribution in [2.24, 2.45) is 11.8 Å². The van der Waals surface area contributed by atoms with E-state index < -0.39 is 6.10 Å². The first-order chi connectivity index (χ1) is 30.3. The number of likely N-dealkylation sites (N-methyl/N-ethyl adjacent to an activating group) is 1. The molecule has 4 unspecified atom stereocenters. The third-order valence-corrected chi connectivity index (χ3v) is 14.1. The third kappa shape index (κ3) is 38.4. The molecule has 0 aromatic carbocycles. The van der Waals surface area contributed by atoms with Crippen LogP contribution in [0.3, 0.4) is 0 Å². The highest BCUT2D eigenvalue weighted by atomic mass is 32.2. The Balaban J connectivity index is 4.88. The normalized spacial score (nSPS) is 13.8. The molecule has 0 aliphatic heterocycles. The summed E-state index contributed by atoms with van der Waals surface area (Å²) in [7, 11) is 0. The van der Waals surface area contributed by atoms with E-state index in [0.717, 1.165) is 89.6 Å². The van der Waals surface area contributed by atoms with Gasteiger partial charge in [0.15, 0.2) is 0 Å². The largest absolute Gasteiger partial charge is 0.465 e.